The molecule has 166 valence electrons. The summed E-state index contributed by atoms with van der Waals surface area (Å²) in [5, 5.41) is 10.9. The molecule has 0 N–H and O–H groups in total. The van der Waals surface area contributed by atoms with E-state index in [-0.39, 0.29) is 11.8 Å². The lowest BCUT2D eigenvalue weighted by molar-refractivity contribution is -0.389. The molecule has 2 aliphatic rings. The second kappa shape index (κ2) is 7.33. The molecular weight excluding hydrogens is 420 g/mol. The van der Waals surface area contributed by atoms with Crippen molar-refractivity contribution < 1.29 is 18.4 Å². The van der Waals surface area contributed by atoms with Crippen LogP contribution in [0.3, 0.4) is 0 Å². The van der Waals surface area contributed by atoms with Crippen molar-refractivity contribution in [2.45, 2.75) is 39.0 Å². The van der Waals surface area contributed by atoms with Gasteiger partial charge in [-0.3, -0.25) is 14.5 Å². The van der Waals surface area contributed by atoms with Crippen LogP contribution in [0.4, 0.5) is 14.6 Å². The third kappa shape index (κ3) is 3.60. The lowest BCUT2D eigenvalue weighted by atomic mass is 9.96. The highest BCUT2D eigenvalue weighted by molar-refractivity contribution is 5.61. The summed E-state index contributed by atoms with van der Waals surface area (Å²) in [6.07, 6.45) is 2.12. The zero-order valence-electron chi connectivity index (χ0n) is 17.6. The highest BCUT2D eigenvalue weighted by atomic mass is 19.2. The number of nitro groups is 1. The van der Waals surface area contributed by atoms with Gasteiger partial charge in [-0.05, 0) is 54.2 Å². The van der Waals surface area contributed by atoms with Gasteiger partial charge in [-0.2, -0.15) is 0 Å². The van der Waals surface area contributed by atoms with Gasteiger partial charge in [0.1, 0.15) is 11.8 Å². The lowest BCUT2D eigenvalue weighted by Crippen LogP contribution is -2.46. The van der Waals surface area contributed by atoms with Crippen LogP contribution in [0.15, 0.2) is 30.5 Å². The first kappa shape index (κ1) is 20.5. The Labute approximate surface area is 182 Å². The predicted molar refractivity (Wildman–Crippen MR) is 111 cm³/mol. The Morgan fingerprint density at radius 2 is 2.06 bits per heavy atom. The van der Waals surface area contributed by atoms with E-state index in [0.29, 0.717) is 30.9 Å². The number of pyridine rings is 1. The smallest absolute Gasteiger partial charge is 0.415 e. The van der Waals surface area contributed by atoms with Crippen molar-refractivity contribution in [3.05, 3.63) is 69.0 Å². The quantitative estimate of drug-likeness (QED) is 0.454. The highest BCUT2D eigenvalue weighted by Crippen LogP contribution is 2.33. The Bertz CT molecular complexity index is 1220. The number of halogens is 2. The Morgan fingerprint density at radius 3 is 2.78 bits per heavy atom. The van der Waals surface area contributed by atoms with Crippen molar-refractivity contribution in [3.8, 4) is 17.3 Å². The molecule has 32 heavy (non-hydrogen) atoms. The van der Waals surface area contributed by atoms with Crippen LogP contribution >= 0.6 is 0 Å². The number of imidazole rings is 1. The Kier molecular flexibility index (Phi) is 4.70. The average Bonchev–Trinajstić information content (AvgIpc) is 3.25. The molecule has 8 nitrogen and oxygen atoms in total. The fourth-order valence-electron chi connectivity index (χ4n) is 4.53. The lowest BCUT2D eigenvalue weighted by Gasteiger charge is -2.34. The van der Waals surface area contributed by atoms with E-state index >= 15 is 0 Å². The number of fused-ring (bicyclic) bond motifs is 2. The molecule has 0 bridgehead atoms. The first-order valence-electron chi connectivity index (χ1n) is 10.3. The van der Waals surface area contributed by atoms with Crippen LogP contribution in [0.2, 0.25) is 0 Å². The number of nitrogens with zero attached hydrogens (tertiary/aromatic N) is 5. The molecule has 0 fully saturated rings. The van der Waals surface area contributed by atoms with Crippen molar-refractivity contribution in [2.24, 2.45) is 0 Å². The fraction of sp³-hybridized carbons (Fsp3) is 0.364. The van der Waals surface area contributed by atoms with E-state index < -0.39 is 22.2 Å². The van der Waals surface area contributed by atoms with Gasteiger partial charge >= 0.3 is 11.8 Å². The third-order valence-corrected chi connectivity index (χ3v) is 6.01. The molecule has 4 heterocycles. The molecule has 1 unspecified atom stereocenters. The van der Waals surface area contributed by atoms with Crippen molar-refractivity contribution in [2.75, 3.05) is 13.1 Å². The Morgan fingerprint density at radius 1 is 1.25 bits per heavy atom. The monoisotopic (exact) mass is 441 g/mol. The Hall–Kier alpha value is -3.40. The number of aryl methyl sites for hydroxylation is 1. The summed E-state index contributed by atoms with van der Waals surface area (Å²) in [5.41, 5.74) is 3.77. The molecule has 2 aliphatic heterocycles. The first-order valence-corrected chi connectivity index (χ1v) is 10.3. The van der Waals surface area contributed by atoms with Crippen molar-refractivity contribution in [3.63, 3.8) is 0 Å². The van der Waals surface area contributed by atoms with Crippen LogP contribution in [0.1, 0.15) is 23.7 Å². The molecule has 0 aliphatic carbocycles. The maximum Gasteiger partial charge on any atom is 0.415 e. The van der Waals surface area contributed by atoms with E-state index in [1.165, 1.54) is 18.3 Å². The largest absolute Gasteiger partial charge is 0.436 e. The molecule has 2 aromatic heterocycles. The van der Waals surface area contributed by atoms with Crippen molar-refractivity contribution in [1.29, 1.82) is 0 Å². The van der Waals surface area contributed by atoms with Gasteiger partial charge in [0.15, 0.2) is 11.6 Å². The molecule has 0 spiro atoms. The minimum Gasteiger partial charge on any atom is -0.436 e. The summed E-state index contributed by atoms with van der Waals surface area (Å²) < 4.78 is 34.6. The number of ether oxygens (including phenoxy) is 1. The van der Waals surface area contributed by atoms with Crippen LogP contribution < -0.4 is 4.74 Å². The first-order chi connectivity index (χ1) is 15.2. The van der Waals surface area contributed by atoms with Crippen LogP contribution in [0, 0.1) is 28.7 Å². The molecule has 1 aromatic carbocycles. The molecule has 0 saturated carbocycles. The minimum absolute atomic E-state index is 0.215. The van der Waals surface area contributed by atoms with Gasteiger partial charge in [-0.15, -0.1) is 0 Å². The minimum atomic E-state index is -0.888. The van der Waals surface area contributed by atoms with E-state index in [1.54, 1.807) is 4.57 Å². The van der Waals surface area contributed by atoms with E-state index in [2.05, 4.69) is 9.88 Å². The van der Waals surface area contributed by atoms with Gasteiger partial charge in [0.05, 0.1) is 12.2 Å². The van der Waals surface area contributed by atoms with E-state index in [1.807, 2.05) is 19.9 Å². The molecule has 0 radical (unpaired) electrons. The number of benzene rings is 1. The topological polar surface area (TPSA) is 86.3 Å². The summed E-state index contributed by atoms with van der Waals surface area (Å²) in [6.45, 7) is 6.54. The van der Waals surface area contributed by atoms with Crippen molar-refractivity contribution >= 4 is 5.82 Å². The van der Waals surface area contributed by atoms with Gasteiger partial charge in [-0.25, -0.2) is 8.78 Å². The second-order valence-corrected chi connectivity index (χ2v) is 8.66. The van der Waals surface area contributed by atoms with E-state index in [0.717, 1.165) is 35.9 Å². The predicted octanol–water partition coefficient (Wildman–Crippen LogP) is 3.65. The summed E-state index contributed by atoms with van der Waals surface area (Å²) in [5.74, 6) is -1.98. The molecule has 1 atom stereocenters. The van der Waals surface area contributed by atoms with E-state index in [4.69, 9.17) is 9.72 Å². The van der Waals surface area contributed by atoms with Crippen molar-refractivity contribution in [1.82, 2.24) is 19.4 Å². The summed E-state index contributed by atoms with van der Waals surface area (Å²) in [6, 6.07) is 5.99. The van der Waals surface area contributed by atoms with Crippen LogP contribution in [-0.2, 0) is 19.5 Å². The zero-order chi connectivity index (χ0) is 22.6. The van der Waals surface area contributed by atoms with Crippen LogP contribution in [0.5, 0.6) is 6.01 Å². The number of rotatable bonds is 4. The SMILES string of the molecule is Cc1cc(-c2ccc(F)c(F)c2)nc2c1CN(CC1(C)Cn3cc([N+](=O)[O-])nc3O1)CC2. The molecule has 5 rings (SSSR count). The highest BCUT2D eigenvalue weighted by Gasteiger charge is 2.42. The number of hydrogen-bond donors (Lipinski definition) is 0. The fourth-order valence-corrected chi connectivity index (χ4v) is 4.53. The molecule has 0 amide bonds. The standard InChI is InChI=1S/C22H21F2N5O3/c1-13-7-19(14-3-4-16(23)17(24)8-14)25-18-5-6-27(9-15(13)18)11-22(2)12-28-10-20(29(30)31)26-21(28)32-22/h3-4,7-8,10H,5-6,9,11-12H2,1-2H3. The normalized spacial score (nSPS) is 20.0. The molecular formula is C22H21F2N5O3. The molecule has 0 saturated heterocycles. The van der Waals surface area contributed by atoms with Gasteiger partial charge in [0.25, 0.3) is 0 Å². The van der Waals surface area contributed by atoms with Gasteiger partial charge in [0, 0.05) is 42.3 Å². The maximum atomic E-state index is 13.7. The average molecular weight is 441 g/mol. The molecule has 3 aromatic rings. The maximum absolute atomic E-state index is 13.7. The number of aromatic nitrogens is 3. The summed E-state index contributed by atoms with van der Waals surface area (Å²) in [7, 11) is 0. The van der Waals surface area contributed by atoms with Gasteiger partial charge in [0.2, 0.25) is 0 Å². The second-order valence-electron chi connectivity index (χ2n) is 8.66. The summed E-state index contributed by atoms with van der Waals surface area (Å²) >= 11 is 0. The number of hydrogen-bond acceptors (Lipinski definition) is 6. The van der Waals surface area contributed by atoms with Crippen LogP contribution in [-0.4, -0.2) is 43.0 Å². The zero-order valence-corrected chi connectivity index (χ0v) is 17.6. The van der Waals surface area contributed by atoms with E-state index in [9.17, 15) is 18.9 Å². The van der Waals surface area contributed by atoms with Gasteiger partial charge < -0.3 is 14.9 Å². The Balaban J connectivity index is 1.32. The third-order valence-electron chi connectivity index (χ3n) is 6.01. The van der Waals surface area contributed by atoms with Crippen LogP contribution in [0.25, 0.3) is 11.3 Å². The molecule has 10 heteroatoms. The van der Waals surface area contributed by atoms with Gasteiger partial charge in [-0.1, -0.05) is 0 Å². The summed E-state index contributed by atoms with van der Waals surface area (Å²) in [4.78, 5) is 21.3.